The van der Waals surface area contributed by atoms with E-state index in [-0.39, 0.29) is 11.7 Å². The normalized spacial score (nSPS) is 10.4. The highest BCUT2D eigenvalue weighted by molar-refractivity contribution is 7.99. The van der Waals surface area contributed by atoms with E-state index in [1.165, 1.54) is 17.8 Å². The fraction of sp³-hybridized carbons (Fsp3) is 0.538. The van der Waals surface area contributed by atoms with Gasteiger partial charge in [-0.15, -0.1) is 0 Å². The van der Waals surface area contributed by atoms with Crippen LogP contribution < -0.4 is 0 Å². The highest BCUT2D eigenvalue weighted by Gasteiger charge is 2.08. The molecule has 0 aromatic carbocycles. The molecule has 0 saturated heterocycles. The predicted octanol–water partition coefficient (Wildman–Crippen LogP) is 3.19. The molecule has 0 saturated carbocycles. The van der Waals surface area contributed by atoms with Crippen LogP contribution in [0.5, 0.6) is 0 Å². The van der Waals surface area contributed by atoms with Crippen LogP contribution in [0.25, 0.3) is 0 Å². The molecule has 0 spiro atoms. The zero-order valence-corrected chi connectivity index (χ0v) is 11.7. The number of carbonyl (C=O) groups is 2. The van der Waals surface area contributed by atoms with Crippen molar-refractivity contribution in [3.63, 3.8) is 0 Å². The van der Waals surface area contributed by atoms with Crippen molar-refractivity contribution < 1.29 is 23.8 Å². The quantitative estimate of drug-likeness (QED) is 0.427. The highest BCUT2D eigenvalue weighted by atomic mass is 32.2. The number of thioether (sulfide) groups is 1. The third-order valence-corrected chi connectivity index (χ3v) is 3.36. The number of carboxylic acids is 1. The molecule has 1 heterocycles. The Balaban J connectivity index is 2.07. The number of carboxylic acid groups (broad SMARTS) is 1. The predicted molar refractivity (Wildman–Crippen MR) is 71.5 cm³/mol. The molecule has 0 amide bonds. The largest absolute Gasteiger partial charge is 0.475 e. The minimum absolute atomic E-state index is 0.0372. The van der Waals surface area contributed by atoms with Crippen LogP contribution in [0, 0.1) is 0 Å². The van der Waals surface area contributed by atoms with Gasteiger partial charge in [-0.1, -0.05) is 18.2 Å². The molecule has 19 heavy (non-hydrogen) atoms. The van der Waals surface area contributed by atoms with Gasteiger partial charge in [0.1, 0.15) is 0 Å². The van der Waals surface area contributed by atoms with Crippen LogP contribution in [0.2, 0.25) is 0 Å². The number of rotatable bonds is 9. The van der Waals surface area contributed by atoms with Crippen molar-refractivity contribution >= 4 is 23.7 Å². The standard InChI is InChI=1S/C13H18O5S/c1-2-17-11(14)6-4-3-5-9-19-12-8-7-10(18-12)13(15)16/h7-8H,2-6,9H2,1H3,(H,15,16). The summed E-state index contributed by atoms with van der Waals surface area (Å²) in [6, 6.07) is 3.11. The maximum atomic E-state index is 11.1. The Labute approximate surface area is 116 Å². The van der Waals surface area contributed by atoms with Crippen LogP contribution in [0.3, 0.4) is 0 Å². The van der Waals surface area contributed by atoms with Crippen LogP contribution in [-0.4, -0.2) is 29.4 Å². The summed E-state index contributed by atoms with van der Waals surface area (Å²) in [4.78, 5) is 21.7. The Hall–Kier alpha value is -1.43. The summed E-state index contributed by atoms with van der Waals surface area (Å²) in [5.74, 6) is -0.395. The van der Waals surface area contributed by atoms with E-state index in [2.05, 4.69) is 0 Å². The summed E-state index contributed by atoms with van der Waals surface area (Å²) in [6.45, 7) is 2.22. The van der Waals surface area contributed by atoms with E-state index in [0.717, 1.165) is 25.0 Å². The highest BCUT2D eigenvalue weighted by Crippen LogP contribution is 2.22. The SMILES string of the molecule is CCOC(=O)CCCCCSc1ccc(C(=O)O)o1. The molecule has 1 aromatic heterocycles. The van der Waals surface area contributed by atoms with Gasteiger partial charge in [-0.3, -0.25) is 4.79 Å². The molecule has 0 aliphatic rings. The molecule has 0 aliphatic carbocycles. The van der Waals surface area contributed by atoms with E-state index in [4.69, 9.17) is 14.3 Å². The fourth-order valence-corrected chi connectivity index (χ4v) is 2.33. The van der Waals surface area contributed by atoms with Gasteiger partial charge in [-0.2, -0.15) is 0 Å². The molecule has 0 fully saturated rings. The Morgan fingerprint density at radius 3 is 2.74 bits per heavy atom. The first-order chi connectivity index (χ1) is 9.13. The Kier molecular flexibility index (Phi) is 7.10. The third kappa shape index (κ3) is 6.33. The van der Waals surface area contributed by atoms with E-state index in [1.807, 2.05) is 0 Å². The van der Waals surface area contributed by atoms with Gasteiger partial charge in [0.05, 0.1) is 6.61 Å². The van der Waals surface area contributed by atoms with Gasteiger partial charge in [-0.05, 0) is 31.9 Å². The fourth-order valence-electron chi connectivity index (χ4n) is 1.47. The minimum atomic E-state index is -1.05. The van der Waals surface area contributed by atoms with Gasteiger partial charge in [0.25, 0.3) is 0 Å². The molecule has 0 aliphatic heterocycles. The third-order valence-electron chi connectivity index (χ3n) is 2.37. The first kappa shape index (κ1) is 15.6. The summed E-state index contributed by atoms with van der Waals surface area (Å²) in [6.07, 6.45) is 3.17. The molecule has 0 radical (unpaired) electrons. The molecule has 1 rings (SSSR count). The second-order valence-electron chi connectivity index (χ2n) is 3.89. The summed E-state index contributed by atoms with van der Waals surface area (Å²) < 4.78 is 9.94. The van der Waals surface area contributed by atoms with Gasteiger partial charge >= 0.3 is 11.9 Å². The second-order valence-corrected chi connectivity index (χ2v) is 4.99. The van der Waals surface area contributed by atoms with Gasteiger partial charge in [0, 0.05) is 12.2 Å². The smallest absolute Gasteiger partial charge is 0.371 e. The summed E-state index contributed by atoms with van der Waals surface area (Å²) in [5, 5.41) is 9.30. The van der Waals surface area contributed by atoms with E-state index >= 15 is 0 Å². The molecular weight excluding hydrogens is 268 g/mol. The van der Waals surface area contributed by atoms with Crippen molar-refractivity contribution in [1.82, 2.24) is 0 Å². The molecule has 6 heteroatoms. The number of esters is 1. The maximum Gasteiger partial charge on any atom is 0.371 e. The first-order valence-corrected chi connectivity index (χ1v) is 7.23. The van der Waals surface area contributed by atoms with Crippen LogP contribution in [-0.2, 0) is 9.53 Å². The molecule has 0 atom stereocenters. The van der Waals surface area contributed by atoms with Crippen molar-refractivity contribution in [1.29, 1.82) is 0 Å². The minimum Gasteiger partial charge on any atom is -0.475 e. The number of unbranched alkanes of at least 4 members (excludes halogenated alkanes) is 2. The number of hydrogen-bond donors (Lipinski definition) is 1. The summed E-state index contributed by atoms with van der Waals surface area (Å²) >= 11 is 1.48. The molecule has 1 aromatic rings. The Morgan fingerprint density at radius 1 is 1.32 bits per heavy atom. The van der Waals surface area contributed by atoms with Crippen LogP contribution in [0.15, 0.2) is 21.6 Å². The second kappa shape index (κ2) is 8.63. The van der Waals surface area contributed by atoms with E-state index in [9.17, 15) is 9.59 Å². The lowest BCUT2D eigenvalue weighted by atomic mass is 10.2. The number of carbonyl (C=O) groups excluding carboxylic acids is 1. The lowest BCUT2D eigenvalue weighted by Crippen LogP contribution is -2.03. The number of ether oxygens (including phenoxy) is 1. The van der Waals surface area contributed by atoms with Crippen LogP contribution in [0.1, 0.15) is 43.2 Å². The van der Waals surface area contributed by atoms with Crippen molar-refractivity contribution in [3.05, 3.63) is 17.9 Å². The van der Waals surface area contributed by atoms with Gasteiger partial charge in [0.2, 0.25) is 5.76 Å². The molecule has 0 bridgehead atoms. The van der Waals surface area contributed by atoms with E-state index in [0.29, 0.717) is 18.1 Å². The molecule has 0 unspecified atom stereocenters. The van der Waals surface area contributed by atoms with Crippen molar-refractivity contribution in [2.75, 3.05) is 12.4 Å². The lowest BCUT2D eigenvalue weighted by molar-refractivity contribution is -0.143. The topological polar surface area (TPSA) is 76.7 Å². The van der Waals surface area contributed by atoms with Crippen molar-refractivity contribution in [2.24, 2.45) is 0 Å². The van der Waals surface area contributed by atoms with E-state index < -0.39 is 5.97 Å². The molecule has 106 valence electrons. The number of furan rings is 1. The lowest BCUT2D eigenvalue weighted by Gasteiger charge is -2.01. The monoisotopic (exact) mass is 286 g/mol. The van der Waals surface area contributed by atoms with Crippen LogP contribution >= 0.6 is 11.8 Å². The maximum absolute atomic E-state index is 11.1. The zero-order chi connectivity index (χ0) is 14.1. The van der Waals surface area contributed by atoms with Crippen LogP contribution in [0.4, 0.5) is 0 Å². The van der Waals surface area contributed by atoms with Crippen molar-refractivity contribution in [3.8, 4) is 0 Å². The van der Waals surface area contributed by atoms with E-state index in [1.54, 1.807) is 13.0 Å². The zero-order valence-electron chi connectivity index (χ0n) is 10.9. The molecular formula is C13H18O5S. The average molecular weight is 286 g/mol. The van der Waals surface area contributed by atoms with Gasteiger partial charge < -0.3 is 14.3 Å². The van der Waals surface area contributed by atoms with Gasteiger partial charge in [0.15, 0.2) is 5.09 Å². The Morgan fingerprint density at radius 2 is 2.11 bits per heavy atom. The number of aromatic carboxylic acids is 1. The van der Waals surface area contributed by atoms with Crippen molar-refractivity contribution in [2.45, 2.75) is 37.7 Å². The molecule has 1 N–H and O–H groups in total. The summed E-state index contributed by atoms with van der Waals surface area (Å²) in [5.41, 5.74) is 0. The Bertz CT molecular complexity index is 413. The molecule has 5 nitrogen and oxygen atoms in total. The average Bonchev–Trinajstić information content (AvgIpc) is 2.83. The number of hydrogen-bond acceptors (Lipinski definition) is 5. The van der Waals surface area contributed by atoms with Gasteiger partial charge in [-0.25, -0.2) is 4.79 Å². The summed E-state index contributed by atoms with van der Waals surface area (Å²) in [7, 11) is 0. The first-order valence-electron chi connectivity index (χ1n) is 6.25.